The number of aromatic amines is 1. The summed E-state index contributed by atoms with van der Waals surface area (Å²) >= 11 is 1.43. The topological polar surface area (TPSA) is 94.1 Å². The molecule has 160 valence electrons. The van der Waals surface area contributed by atoms with Gasteiger partial charge in [-0.05, 0) is 55.0 Å². The van der Waals surface area contributed by atoms with Crippen LogP contribution in [0.3, 0.4) is 0 Å². The van der Waals surface area contributed by atoms with Crippen molar-refractivity contribution in [1.29, 1.82) is 0 Å². The fraction of sp³-hybridized carbons (Fsp3) is 0.333. The van der Waals surface area contributed by atoms with Gasteiger partial charge in [0, 0.05) is 11.9 Å². The first-order chi connectivity index (χ1) is 14.2. The number of rotatable bonds is 8. The van der Waals surface area contributed by atoms with E-state index in [4.69, 9.17) is 4.74 Å². The minimum atomic E-state index is -3.33. The van der Waals surface area contributed by atoms with E-state index in [2.05, 4.69) is 10.1 Å². The molecule has 0 atom stereocenters. The molecule has 1 N–H and O–H groups in total. The molecule has 30 heavy (non-hydrogen) atoms. The number of sulfone groups is 1. The molecule has 9 heteroatoms. The molecule has 1 aromatic carbocycles. The van der Waals surface area contributed by atoms with Crippen molar-refractivity contribution in [3.8, 4) is 22.6 Å². The summed E-state index contributed by atoms with van der Waals surface area (Å²) in [5.74, 6) is -0.0502. The first kappa shape index (κ1) is 22.2. The molecule has 0 spiro atoms. The summed E-state index contributed by atoms with van der Waals surface area (Å²) in [6.07, 6.45) is 3.73. The Balaban J connectivity index is 1.94. The Morgan fingerprint density at radius 2 is 1.93 bits per heavy atom. The molecule has 0 amide bonds. The van der Waals surface area contributed by atoms with E-state index >= 15 is 0 Å². The van der Waals surface area contributed by atoms with Crippen LogP contribution in [0.1, 0.15) is 18.2 Å². The van der Waals surface area contributed by atoms with Crippen LogP contribution in [0, 0.1) is 6.92 Å². The van der Waals surface area contributed by atoms with Crippen LogP contribution in [0.15, 0.2) is 41.3 Å². The number of benzene rings is 1. The molecular weight excluding hydrogens is 422 g/mol. The van der Waals surface area contributed by atoms with Crippen LogP contribution in [0.25, 0.3) is 22.6 Å². The lowest BCUT2D eigenvalue weighted by molar-refractivity contribution is -0.142. The zero-order chi connectivity index (χ0) is 21.9. The zero-order valence-electron chi connectivity index (χ0n) is 17.4. The second-order valence-corrected chi connectivity index (χ2v) is 9.78. The number of thioether (sulfide) groups is 1. The third kappa shape index (κ3) is 4.96. The van der Waals surface area contributed by atoms with Crippen molar-refractivity contribution in [3.05, 3.63) is 47.7 Å². The molecule has 0 aliphatic rings. The van der Waals surface area contributed by atoms with Crippen LogP contribution in [0.5, 0.6) is 0 Å². The lowest BCUT2D eigenvalue weighted by Crippen LogP contribution is -2.15. The zero-order valence-corrected chi connectivity index (χ0v) is 19.1. The van der Waals surface area contributed by atoms with Crippen molar-refractivity contribution in [2.75, 3.05) is 18.5 Å². The van der Waals surface area contributed by atoms with Crippen LogP contribution in [-0.2, 0) is 32.3 Å². The number of hydrogen-bond donors (Lipinski definition) is 1. The molecule has 0 bridgehead atoms. The third-order valence-electron chi connectivity index (χ3n) is 4.64. The number of carbonyl (C=O) groups excluding carboxylic acids is 1. The van der Waals surface area contributed by atoms with Crippen LogP contribution in [0.4, 0.5) is 0 Å². The number of nitrogens with one attached hydrogen (secondary N) is 1. The Labute approximate surface area is 180 Å². The number of nitrogens with zero attached hydrogens (tertiary/aromatic N) is 2. The van der Waals surface area contributed by atoms with Crippen molar-refractivity contribution in [1.82, 2.24) is 14.8 Å². The van der Waals surface area contributed by atoms with Gasteiger partial charge in [0.25, 0.3) is 0 Å². The van der Waals surface area contributed by atoms with Crippen molar-refractivity contribution in [3.63, 3.8) is 0 Å². The number of ether oxygens (including phenoxy) is 1. The van der Waals surface area contributed by atoms with E-state index in [0.29, 0.717) is 17.3 Å². The highest BCUT2D eigenvalue weighted by molar-refractivity contribution is 7.98. The second-order valence-electron chi connectivity index (χ2n) is 6.99. The molecule has 0 unspecified atom stereocenters. The molecule has 7 nitrogen and oxygen atoms in total. The van der Waals surface area contributed by atoms with Gasteiger partial charge in [-0.25, -0.2) is 8.42 Å². The SMILES string of the molecule is CCc1ccc(-c2ccc(-c3cc(C)nn3CC(=O)OCSC)[nH]2)cc1S(C)(=O)=O. The van der Waals surface area contributed by atoms with Gasteiger partial charge < -0.3 is 9.72 Å². The predicted molar refractivity (Wildman–Crippen MR) is 119 cm³/mol. The van der Waals surface area contributed by atoms with Gasteiger partial charge >= 0.3 is 5.97 Å². The van der Waals surface area contributed by atoms with Gasteiger partial charge in [0.15, 0.2) is 9.84 Å². The molecule has 2 aromatic heterocycles. The fourth-order valence-electron chi connectivity index (χ4n) is 3.25. The average molecular weight is 448 g/mol. The maximum atomic E-state index is 12.2. The van der Waals surface area contributed by atoms with E-state index in [1.165, 1.54) is 18.0 Å². The molecule has 2 heterocycles. The van der Waals surface area contributed by atoms with Crippen molar-refractivity contribution in [2.45, 2.75) is 31.7 Å². The molecule has 0 saturated heterocycles. The smallest absolute Gasteiger partial charge is 0.328 e. The summed E-state index contributed by atoms with van der Waals surface area (Å²) in [7, 11) is -3.33. The number of H-pyrrole nitrogens is 1. The number of esters is 1. The monoisotopic (exact) mass is 447 g/mol. The summed E-state index contributed by atoms with van der Waals surface area (Å²) < 4.78 is 31.1. The predicted octanol–water partition coefficient (Wildman–Crippen LogP) is 3.68. The minimum Gasteiger partial charge on any atom is -0.453 e. The number of carbonyl (C=O) groups is 1. The number of aryl methyl sites for hydroxylation is 2. The fourth-order valence-corrected chi connectivity index (χ4v) is 4.53. The quantitative estimate of drug-likeness (QED) is 0.418. The van der Waals surface area contributed by atoms with Gasteiger partial charge in [-0.15, -0.1) is 11.8 Å². The highest BCUT2D eigenvalue weighted by Crippen LogP contribution is 2.28. The van der Waals surface area contributed by atoms with Gasteiger partial charge in [0.1, 0.15) is 12.5 Å². The molecule has 0 aliphatic heterocycles. The molecule has 0 saturated carbocycles. The van der Waals surface area contributed by atoms with Gasteiger partial charge in [0.2, 0.25) is 0 Å². The molecule has 3 rings (SSSR count). The average Bonchev–Trinajstić information content (AvgIpc) is 3.31. The molecule has 0 aliphatic carbocycles. The number of aromatic nitrogens is 3. The van der Waals surface area contributed by atoms with Gasteiger partial charge in [0.05, 0.1) is 22.0 Å². The first-order valence-corrected chi connectivity index (χ1v) is 12.7. The van der Waals surface area contributed by atoms with E-state index in [0.717, 1.165) is 33.9 Å². The summed E-state index contributed by atoms with van der Waals surface area (Å²) in [6.45, 7) is 3.81. The normalized spacial score (nSPS) is 11.6. The van der Waals surface area contributed by atoms with Crippen molar-refractivity contribution in [2.24, 2.45) is 0 Å². The van der Waals surface area contributed by atoms with Crippen LogP contribution >= 0.6 is 11.8 Å². The highest BCUT2D eigenvalue weighted by Gasteiger charge is 2.17. The van der Waals surface area contributed by atoms with E-state index in [1.54, 1.807) is 10.7 Å². The number of hydrogen-bond acceptors (Lipinski definition) is 6. The maximum Gasteiger partial charge on any atom is 0.328 e. The standard InChI is InChI=1S/C21H25N3O4S2/c1-5-15-6-7-16(11-20(15)30(4,26)27)17-8-9-18(22-17)19-10-14(2)23-24(19)12-21(25)28-13-29-3/h6-11,22H,5,12-13H2,1-4H3. The van der Waals surface area contributed by atoms with Crippen LogP contribution in [-0.4, -0.2) is 47.6 Å². The Hall–Kier alpha value is -2.52. The molecule has 3 aromatic rings. The highest BCUT2D eigenvalue weighted by atomic mass is 32.2. The van der Waals surface area contributed by atoms with Gasteiger partial charge in [-0.1, -0.05) is 19.1 Å². The lowest BCUT2D eigenvalue weighted by atomic mass is 10.1. The van der Waals surface area contributed by atoms with Gasteiger partial charge in [-0.3, -0.25) is 9.48 Å². The Morgan fingerprint density at radius 3 is 2.60 bits per heavy atom. The van der Waals surface area contributed by atoms with E-state index in [-0.39, 0.29) is 12.5 Å². The van der Waals surface area contributed by atoms with E-state index in [9.17, 15) is 13.2 Å². The summed E-state index contributed by atoms with van der Waals surface area (Å²) in [5, 5.41) is 4.40. The molecule has 0 radical (unpaired) electrons. The molecular formula is C21H25N3O4S2. The Kier molecular flexibility index (Phi) is 6.72. The third-order valence-corrected chi connectivity index (χ3v) is 6.17. The Bertz CT molecular complexity index is 1160. The molecule has 0 fully saturated rings. The van der Waals surface area contributed by atoms with Crippen molar-refractivity contribution >= 4 is 27.6 Å². The van der Waals surface area contributed by atoms with Crippen molar-refractivity contribution < 1.29 is 17.9 Å². The summed E-state index contributed by atoms with van der Waals surface area (Å²) in [6, 6.07) is 11.1. The van der Waals surface area contributed by atoms with Crippen LogP contribution < -0.4 is 0 Å². The Morgan fingerprint density at radius 1 is 1.20 bits per heavy atom. The van der Waals surface area contributed by atoms with E-state index in [1.807, 2.05) is 50.4 Å². The van der Waals surface area contributed by atoms with Crippen LogP contribution in [0.2, 0.25) is 0 Å². The first-order valence-electron chi connectivity index (χ1n) is 9.44. The second kappa shape index (κ2) is 9.09. The lowest BCUT2D eigenvalue weighted by Gasteiger charge is -2.09. The maximum absolute atomic E-state index is 12.2. The largest absolute Gasteiger partial charge is 0.453 e. The van der Waals surface area contributed by atoms with Gasteiger partial charge in [-0.2, -0.15) is 5.10 Å². The summed E-state index contributed by atoms with van der Waals surface area (Å²) in [5.41, 5.74) is 4.68. The minimum absolute atomic E-state index is 0.0154. The van der Waals surface area contributed by atoms with E-state index < -0.39 is 9.84 Å². The summed E-state index contributed by atoms with van der Waals surface area (Å²) in [4.78, 5) is 15.7.